The number of rotatable bonds is 17. The summed E-state index contributed by atoms with van der Waals surface area (Å²) in [5, 5.41) is 11.0. The number of hydrogen-bond donors (Lipinski definition) is 1. The van der Waals surface area contributed by atoms with Crippen molar-refractivity contribution in [3.8, 4) is 0 Å². The molecule has 0 saturated heterocycles. The van der Waals surface area contributed by atoms with Crippen LogP contribution in [0.4, 0.5) is 0 Å². The van der Waals surface area contributed by atoms with Gasteiger partial charge in [0.2, 0.25) is 0 Å². The van der Waals surface area contributed by atoms with Crippen LogP contribution in [0.1, 0.15) is 139 Å². The van der Waals surface area contributed by atoms with Crippen LogP contribution in [0.15, 0.2) is 22.3 Å². The summed E-state index contributed by atoms with van der Waals surface area (Å²) in [5.74, 6) is 2.36. The van der Waals surface area contributed by atoms with Crippen molar-refractivity contribution in [1.29, 1.82) is 0 Å². The van der Waals surface area contributed by atoms with Gasteiger partial charge in [-0.25, -0.2) is 0 Å². The van der Waals surface area contributed by atoms with Gasteiger partial charge < -0.3 is 5.11 Å². The van der Waals surface area contributed by atoms with Gasteiger partial charge in [-0.2, -0.15) is 0 Å². The van der Waals surface area contributed by atoms with Gasteiger partial charge >= 0.3 is 0 Å². The predicted octanol–water partition coefficient (Wildman–Crippen LogP) is 8.54. The average molecular weight is 475 g/mol. The van der Waals surface area contributed by atoms with Gasteiger partial charge in [-0.3, -0.25) is 9.59 Å². The maximum absolute atomic E-state index is 12.9. The van der Waals surface area contributed by atoms with E-state index in [0.29, 0.717) is 47.5 Å². The first-order chi connectivity index (χ1) is 15.9. The Morgan fingerprint density at radius 3 is 1.62 bits per heavy atom. The van der Waals surface area contributed by atoms with Crippen molar-refractivity contribution < 1.29 is 14.7 Å². The normalized spacial score (nSPS) is 18.6. The van der Waals surface area contributed by atoms with Crippen molar-refractivity contribution in [2.45, 2.75) is 144 Å². The molecule has 0 radical (unpaired) electrons. The van der Waals surface area contributed by atoms with Crippen molar-refractivity contribution in [3.05, 3.63) is 22.3 Å². The van der Waals surface area contributed by atoms with Crippen LogP contribution in [0.2, 0.25) is 0 Å². The summed E-state index contributed by atoms with van der Waals surface area (Å²) in [5.41, 5.74) is 1.68. The van der Waals surface area contributed by atoms with Crippen LogP contribution in [-0.2, 0) is 9.59 Å². The molecule has 0 aliphatic heterocycles. The van der Waals surface area contributed by atoms with E-state index >= 15 is 0 Å². The fourth-order valence-electron chi connectivity index (χ4n) is 5.17. The van der Waals surface area contributed by atoms with Crippen molar-refractivity contribution >= 4 is 11.6 Å². The Morgan fingerprint density at radius 2 is 1.15 bits per heavy atom. The van der Waals surface area contributed by atoms with Crippen molar-refractivity contribution in [2.75, 3.05) is 0 Å². The Bertz CT molecular complexity index is 723. The van der Waals surface area contributed by atoms with Gasteiger partial charge in [-0.15, -0.1) is 0 Å². The number of hydrogen-bond acceptors (Lipinski definition) is 3. The summed E-state index contributed by atoms with van der Waals surface area (Å²) in [4.78, 5) is 25.6. The molecule has 0 bridgehead atoms. The van der Waals surface area contributed by atoms with Crippen LogP contribution in [0.5, 0.6) is 0 Å². The van der Waals surface area contributed by atoms with Gasteiger partial charge in [-0.1, -0.05) is 92.4 Å². The van der Waals surface area contributed by atoms with Crippen molar-refractivity contribution in [1.82, 2.24) is 0 Å². The second-order valence-electron chi connectivity index (χ2n) is 12.0. The smallest absolute Gasteiger partial charge is 0.185 e. The van der Waals surface area contributed by atoms with E-state index in [9.17, 15) is 14.7 Å². The molecule has 1 aliphatic carbocycles. The Hall–Kier alpha value is -1.22. The highest BCUT2D eigenvalue weighted by Crippen LogP contribution is 2.32. The minimum atomic E-state index is -0.803. The standard InChI is InChI=1S/C31H54O3/c1-9-13-27-28(30(33)26(7)25(6)29(27)32)19-21-31(8,34)20-12-18-24(5)17-11-16-23(4)15-10-14-22(2)3/h22-24,34H,9-21H2,1-8H3/t23-,24-,31-/m1/s1. The molecule has 3 nitrogen and oxygen atoms in total. The molecule has 0 heterocycles. The lowest BCUT2D eigenvalue weighted by Gasteiger charge is -2.27. The lowest BCUT2D eigenvalue weighted by atomic mass is 9.79. The number of Topliss-reactive ketones (excluding diaryl/α,β-unsaturated/α-hetero) is 2. The van der Waals surface area contributed by atoms with E-state index in [1.807, 2.05) is 13.8 Å². The molecule has 0 aromatic heterocycles. The maximum atomic E-state index is 12.9. The molecule has 3 atom stereocenters. The fraction of sp³-hybridized carbons (Fsp3) is 0.806. The largest absolute Gasteiger partial charge is 0.390 e. The van der Waals surface area contributed by atoms with E-state index < -0.39 is 5.60 Å². The molecule has 0 amide bonds. The second-order valence-corrected chi connectivity index (χ2v) is 12.0. The highest BCUT2D eigenvalue weighted by Gasteiger charge is 2.31. The molecular weight excluding hydrogens is 420 g/mol. The summed E-state index contributed by atoms with van der Waals surface area (Å²) in [7, 11) is 0. The SMILES string of the molecule is CCCC1=C(CC[C@](C)(O)CCC[C@H](C)CCC[C@H](C)CCCC(C)C)C(=O)C(C)=C(C)C1=O. The lowest BCUT2D eigenvalue weighted by Crippen LogP contribution is -2.27. The zero-order chi connectivity index (χ0) is 25.9. The van der Waals surface area contributed by atoms with Crippen LogP contribution in [-0.4, -0.2) is 22.3 Å². The Labute approximate surface area is 210 Å². The van der Waals surface area contributed by atoms with E-state index in [1.165, 1.54) is 38.5 Å². The average Bonchev–Trinajstić information content (AvgIpc) is 2.75. The van der Waals surface area contributed by atoms with Crippen LogP contribution < -0.4 is 0 Å². The molecule has 3 heteroatoms. The summed E-state index contributed by atoms with van der Waals surface area (Å²) >= 11 is 0. The first-order valence-corrected chi connectivity index (χ1v) is 14.1. The zero-order valence-electron chi connectivity index (χ0n) is 23.7. The van der Waals surface area contributed by atoms with Crippen LogP contribution in [0, 0.1) is 17.8 Å². The maximum Gasteiger partial charge on any atom is 0.185 e. The highest BCUT2D eigenvalue weighted by atomic mass is 16.3. The lowest BCUT2D eigenvalue weighted by molar-refractivity contribution is -0.116. The third-order valence-corrected chi connectivity index (χ3v) is 7.85. The molecule has 1 rings (SSSR count). The van der Waals surface area contributed by atoms with E-state index in [0.717, 1.165) is 37.5 Å². The fourth-order valence-corrected chi connectivity index (χ4v) is 5.17. The van der Waals surface area contributed by atoms with E-state index in [2.05, 4.69) is 27.7 Å². The zero-order valence-corrected chi connectivity index (χ0v) is 23.7. The molecule has 1 aliphatic rings. The minimum Gasteiger partial charge on any atom is -0.390 e. The predicted molar refractivity (Wildman–Crippen MR) is 145 cm³/mol. The first-order valence-electron chi connectivity index (χ1n) is 14.1. The number of allylic oxidation sites excluding steroid dienone is 4. The third-order valence-electron chi connectivity index (χ3n) is 7.85. The second kappa shape index (κ2) is 15.0. The molecule has 0 aromatic carbocycles. The monoisotopic (exact) mass is 474 g/mol. The summed E-state index contributed by atoms with van der Waals surface area (Å²) in [6.07, 6.45) is 13.3. The van der Waals surface area contributed by atoms with Gasteiger partial charge in [0.05, 0.1) is 5.60 Å². The molecule has 0 spiro atoms. The summed E-state index contributed by atoms with van der Waals surface area (Å²) in [6, 6.07) is 0. The quantitative estimate of drug-likeness (QED) is 0.215. The molecule has 0 fully saturated rings. The molecule has 1 N–H and O–H groups in total. The van der Waals surface area contributed by atoms with Gasteiger partial charge in [0.25, 0.3) is 0 Å². The van der Waals surface area contributed by atoms with E-state index in [4.69, 9.17) is 0 Å². The molecule has 0 unspecified atom stereocenters. The summed E-state index contributed by atoms with van der Waals surface area (Å²) < 4.78 is 0. The number of aliphatic hydroxyl groups is 1. The van der Waals surface area contributed by atoms with Crippen LogP contribution in [0.25, 0.3) is 0 Å². The first kappa shape index (κ1) is 30.8. The minimum absolute atomic E-state index is 0.00315. The molecule has 34 heavy (non-hydrogen) atoms. The Kier molecular flexibility index (Phi) is 13.6. The molecular formula is C31H54O3. The van der Waals surface area contributed by atoms with Crippen LogP contribution >= 0.6 is 0 Å². The van der Waals surface area contributed by atoms with Gasteiger partial charge in [-0.05, 0) is 64.2 Å². The van der Waals surface area contributed by atoms with Crippen molar-refractivity contribution in [3.63, 3.8) is 0 Å². The summed E-state index contributed by atoms with van der Waals surface area (Å²) in [6.45, 7) is 16.8. The van der Waals surface area contributed by atoms with E-state index in [-0.39, 0.29) is 11.6 Å². The molecule has 0 saturated carbocycles. The van der Waals surface area contributed by atoms with Gasteiger partial charge in [0.15, 0.2) is 11.6 Å². The Balaban J connectivity index is 2.43. The number of carbonyl (C=O) groups excluding carboxylic acids is 2. The number of carbonyl (C=O) groups is 2. The van der Waals surface area contributed by atoms with E-state index in [1.54, 1.807) is 13.8 Å². The third kappa shape index (κ3) is 10.6. The van der Waals surface area contributed by atoms with Gasteiger partial charge in [0.1, 0.15) is 0 Å². The molecule has 0 aromatic rings. The highest BCUT2D eigenvalue weighted by molar-refractivity contribution is 6.24. The van der Waals surface area contributed by atoms with Crippen molar-refractivity contribution in [2.24, 2.45) is 17.8 Å². The topological polar surface area (TPSA) is 54.4 Å². The Morgan fingerprint density at radius 1 is 0.706 bits per heavy atom. The van der Waals surface area contributed by atoms with Gasteiger partial charge in [0, 0.05) is 22.3 Å². The molecule has 196 valence electrons. The van der Waals surface area contributed by atoms with Crippen LogP contribution in [0.3, 0.4) is 0 Å². The number of ketones is 2.